The van der Waals surface area contributed by atoms with Crippen LogP contribution in [0.1, 0.15) is 32.6 Å². The molecule has 1 N–H and O–H groups in total. The van der Waals surface area contributed by atoms with Crippen molar-refractivity contribution in [3.05, 3.63) is 0 Å². The molecule has 0 heterocycles. The summed E-state index contributed by atoms with van der Waals surface area (Å²) in [6.07, 6.45) is 5.51. The first-order valence-electron chi connectivity index (χ1n) is 5.63. The molecule has 0 aromatic rings. The van der Waals surface area contributed by atoms with Gasteiger partial charge in [-0.1, -0.05) is 13.3 Å². The molecule has 1 aliphatic rings. The van der Waals surface area contributed by atoms with E-state index >= 15 is 0 Å². The first-order valence-corrected chi connectivity index (χ1v) is 5.63. The van der Waals surface area contributed by atoms with Gasteiger partial charge < -0.3 is 10.2 Å². The molecule has 1 fully saturated rings. The van der Waals surface area contributed by atoms with Crippen LogP contribution >= 0.6 is 0 Å². The molecule has 1 atom stereocenters. The number of nitrogens with zero attached hydrogens (tertiary/aromatic N) is 1. The maximum absolute atomic E-state index is 3.43. The summed E-state index contributed by atoms with van der Waals surface area (Å²) in [6, 6.07) is 0.738. The lowest BCUT2D eigenvalue weighted by Crippen LogP contribution is -2.39. The van der Waals surface area contributed by atoms with Gasteiger partial charge in [0.1, 0.15) is 0 Å². The molecule has 0 bridgehead atoms. The van der Waals surface area contributed by atoms with Crippen molar-refractivity contribution in [2.45, 2.75) is 38.6 Å². The van der Waals surface area contributed by atoms with Gasteiger partial charge >= 0.3 is 0 Å². The van der Waals surface area contributed by atoms with Gasteiger partial charge in [0.2, 0.25) is 0 Å². The second kappa shape index (κ2) is 5.61. The Balaban J connectivity index is 2.12. The summed E-state index contributed by atoms with van der Waals surface area (Å²) in [5, 5.41) is 3.43. The van der Waals surface area contributed by atoms with Crippen LogP contribution < -0.4 is 5.32 Å². The molecule has 0 saturated heterocycles. The Kier molecular flexibility index (Phi) is 4.74. The largest absolute Gasteiger partial charge is 0.315 e. The molecular weight excluding hydrogens is 160 g/mol. The number of hydrogen-bond donors (Lipinski definition) is 1. The van der Waals surface area contributed by atoms with Gasteiger partial charge in [-0.2, -0.15) is 0 Å². The predicted molar refractivity (Wildman–Crippen MR) is 58.0 cm³/mol. The maximum atomic E-state index is 3.43. The molecule has 1 saturated carbocycles. The van der Waals surface area contributed by atoms with Crippen LogP contribution in [0.4, 0.5) is 0 Å². The lowest BCUT2D eigenvalue weighted by molar-refractivity contribution is 0.277. The van der Waals surface area contributed by atoms with E-state index < -0.39 is 0 Å². The van der Waals surface area contributed by atoms with Crippen LogP contribution in [0.5, 0.6) is 0 Å². The Hall–Kier alpha value is -0.0800. The van der Waals surface area contributed by atoms with Gasteiger partial charge in [-0.3, -0.25) is 0 Å². The molecule has 2 heteroatoms. The summed E-state index contributed by atoms with van der Waals surface area (Å²) < 4.78 is 0. The smallest absolute Gasteiger partial charge is 0.0220 e. The SMILES string of the molecule is CCCCN(C)CC(NC)C1CC1. The van der Waals surface area contributed by atoms with Crippen molar-refractivity contribution in [2.24, 2.45) is 5.92 Å². The standard InChI is InChI=1S/C11H24N2/c1-4-5-8-13(3)9-11(12-2)10-6-7-10/h10-12H,4-9H2,1-3H3. The maximum Gasteiger partial charge on any atom is 0.0220 e. The quantitative estimate of drug-likeness (QED) is 0.648. The van der Waals surface area contributed by atoms with Crippen LogP contribution in [-0.2, 0) is 0 Å². The number of hydrogen-bond acceptors (Lipinski definition) is 2. The van der Waals surface area contributed by atoms with E-state index in [-0.39, 0.29) is 0 Å². The van der Waals surface area contributed by atoms with E-state index in [1.54, 1.807) is 0 Å². The van der Waals surface area contributed by atoms with Crippen molar-refractivity contribution in [1.82, 2.24) is 10.2 Å². The Morgan fingerprint density at radius 1 is 1.46 bits per heavy atom. The normalized spacial score (nSPS) is 19.4. The molecule has 1 unspecified atom stereocenters. The monoisotopic (exact) mass is 184 g/mol. The zero-order valence-electron chi connectivity index (χ0n) is 9.34. The van der Waals surface area contributed by atoms with Gasteiger partial charge in [-0.05, 0) is 45.8 Å². The van der Waals surface area contributed by atoms with E-state index in [0.29, 0.717) is 0 Å². The first kappa shape index (κ1) is 11.0. The zero-order chi connectivity index (χ0) is 9.68. The Morgan fingerprint density at radius 3 is 2.62 bits per heavy atom. The highest BCUT2D eigenvalue weighted by Gasteiger charge is 2.30. The fourth-order valence-electron chi connectivity index (χ4n) is 1.83. The molecule has 0 spiro atoms. The van der Waals surface area contributed by atoms with Crippen molar-refractivity contribution in [3.63, 3.8) is 0 Å². The molecule has 0 radical (unpaired) electrons. The van der Waals surface area contributed by atoms with Crippen LogP contribution in [0.15, 0.2) is 0 Å². The molecule has 2 nitrogen and oxygen atoms in total. The van der Waals surface area contributed by atoms with Gasteiger partial charge in [-0.15, -0.1) is 0 Å². The number of likely N-dealkylation sites (N-methyl/N-ethyl adjacent to an activating group) is 2. The fraction of sp³-hybridized carbons (Fsp3) is 1.00. The van der Waals surface area contributed by atoms with Crippen LogP contribution in [0.3, 0.4) is 0 Å². The highest BCUT2D eigenvalue weighted by atomic mass is 15.1. The van der Waals surface area contributed by atoms with E-state index in [4.69, 9.17) is 0 Å². The molecule has 0 amide bonds. The highest BCUT2D eigenvalue weighted by molar-refractivity contribution is 4.87. The molecule has 0 aliphatic heterocycles. The third-order valence-corrected chi connectivity index (χ3v) is 2.96. The van der Waals surface area contributed by atoms with E-state index in [9.17, 15) is 0 Å². The molecule has 13 heavy (non-hydrogen) atoms. The van der Waals surface area contributed by atoms with Crippen molar-refractivity contribution in [1.29, 1.82) is 0 Å². The van der Waals surface area contributed by atoms with E-state index in [0.717, 1.165) is 12.0 Å². The van der Waals surface area contributed by atoms with E-state index in [2.05, 4.69) is 31.2 Å². The summed E-state index contributed by atoms with van der Waals surface area (Å²) in [4.78, 5) is 2.46. The highest BCUT2D eigenvalue weighted by Crippen LogP contribution is 2.32. The topological polar surface area (TPSA) is 15.3 Å². The van der Waals surface area contributed by atoms with E-state index in [1.165, 1.54) is 38.8 Å². The third kappa shape index (κ3) is 4.10. The number of nitrogens with one attached hydrogen (secondary N) is 1. The average molecular weight is 184 g/mol. The van der Waals surface area contributed by atoms with Crippen molar-refractivity contribution >= 4 is 0 Å². The summed E-state index contributed by atoms with van der Waals surface area (Å²) in [5.41, 5.74) is 0. The number of unbranched alkanes of at least 4 members (excludes halogenated alkanes) is 1. The summed E-state index contributed by atoms with van der Waals surface area (Å²) in [7, 11) is 4.33. The first-order chi connectivity index (χ1) is 6.27. The minimum Gasteiger partial charge on any atom is -0.315 e. The van der Waals surface area contributed by atoms with Gasteiger partial charge in [0, 0.05) is 12.6 Å². The minimum atomic E-state index is 0.738. The molecule has 1 rings (SSSR count). The summed E-state index contributed by atoms with van der Waals surface area (Å²) in [6.45, 7) is 4.73. The van der Waals surface area contributed by atoms with Crippen LogP contribution in [-0.4, -0.2) is 38.1 Å². The van der Waals surface area contributed by atoms with Crippen LogP contribution in [0.2, 0.25) is 0 Å². The molecule has 1 aliphatic carbocycles. The van der Waals surface area contributed by atoms with Gasteiger partial charge in [0.25, 0.3) is 0 Å². The van der Waals surface area contributed by atoms with Crippen molar-refractivity contribution in [3.8, 4) is 0 Å². The summed E-state index contributed by atoms with van der Waals surface area (Å²) in [5.74, 6) is 0.967. The molecular formula is C11H24N2. The lowest BCUT2D eigenvalue weighted by atomic mass is 10.1. The Morgan fingerprint density at radius 2 is 2.15 bits per heavy atom. The molecule has 0 aromatic heterocycles. The van der Waals surface area contributed by atoms with Crippen molar-refractivity contribution < 1.29 is 0 Å². The van der Waals surface area contributed by atoms with Crippen LogP contribution in [0, 0.1) is 5.92 Å². The molecule has 78 valence electrons. The molecule has 0 aromatic carbocycles. The van der Waals surface area contributed by atoms with Crippen molar-refractivity contribution in [2.75, 3.05) is 27.2 Å². The Bertz CT molecular complexity index is 132. The minimum absolute atomic E-state index is 0.738. The Labute approximate surface area is 82.7 Å². The van der Waals surface area contributed by atoms with Crippen LogP contribution in [0.25, 0.3) is 0 Å². The predicted octanol–water partition coefficient (Wildman–Crippen LogP) is 1.72. The zero-order valence-corrected chi connectivity index (χ0v) is 9.34. The van der Waals surface area contributed by atoms with Gasteiger partial charge in [0.05, 0.1) is 0 Å². The van der Waals surface area contributed by atoms with Gasteiger partial charge in [0.15, 0.2) is 0 Å². The number of rotatable bonds is 7. The average Bonchev–Trinajstić information content (AvgIpc) is 2.94. The second-order valence-corrected chi connectivity index (χ2v) is 4.35. The fourth-order valence-corrected chi connectivity index (χ4v) is 1.83. The lowest BCUT2D eigenvalue weighted by Gasteiger charge is -2.23. The van der Waals surface area contributed by atoms with Gasteiger partial charge in [-0.25, -0.2) is 0 Å². The second-order valence-electron chi connectivity index (χ2n) is 4.35. The van der Waals surface area contributed by atoms with E-state index in [1.807, 2.05) is 0 Å². The third-order valence-electron chi connectivity index (χ3n) is 2.96. The summed E-state index contributed by atoms with van der Waals surface area (Å²) >= 11 is 0.